The highest BCUT2D eigenvalue weighted by Crippen LogP contribution is 2.39. The van der Waals surface area contributed by atoms with Crippen molar-refractivity contribution in [3.05, 3.63) is 30.1 Å². The fourth-order valence-electron chi connectivity index (χ4n) is 2.95. The second-order valence-electron chi connectivity index (χ2n) is 5.47. The number of carbonyl (C=O) groups excluding carboxylic acids is 1. The molecule has 0 heterocycles. The van der Waals surface area contributed by atoms with E-state index in [0.717, 1.165) is 19.3 Å². The molecular formula is C15H20FN3O2. The van der Waals surface area contributed by atoms with Gasteiger partial charge in [0.15, 0.2) is 5.84 Å². The van der Waals surface area contributed by atoms with Crippen LogP contribution in [0.15, 0.2) is 29.4 Å². The lowest BCUT2D eigenvalue weighted by atomic mass is 9.72. The fraction of sp³-hybridized carbons (Fsp3) is 0.467. The summed E-state index contributed by atoms with van der Waals surface area (Å²) in [5.74, 6) is -0.729. The number of nitrogens with zero attached hydrogens (tertiary/aromatic N) is 2. The molecule has 1 fully saturated rings. The summed E-state index contributed by atoms with van der Waals surface area (Å²) in [7, 11) is 1.58. The molecule has 1 amide bonds. The van der Waals surface area contributed by atoms with E-state index >= 15 is 0 Å². The SMILES string of the molecule is CN(C(=O)C1(C(N)=NO)CCCCC1)c1cccc(F)c1. The molecule has 1 aromatic rings. The zero-order chi connectivity index (χ0) is 15.5. The summed E-state index contributed by atoms with van der Waals surface area (Å²) in [5.41, 5.74) is 5.27. The third kappa shape index (κ3) is 2.84. The monoisotopic (exact) mass is 293 g/mol. The molecule has 0 aliphatic heterocycles. The zero-order valence-corrected chi connectivity index (χ0v) is 12.1. The molecule has 1 aliphatic carbocycles. The molecule has 21 heavy (non-hydrogen) atoms. The maximum Gasteiger partial charge on any atom is 0.240 e. The molecule has 1 aliphatic rings. The van der Waals surface area contributed by atoms with Gasteiger partial charge in [0.25, 0.3) is 0 Å². The Morgan fingerprint density at radius 1 is 1.38 bits per heavy atom. The number of carbonyl (C=O) groups is 1. The highest BCUT2D eigenvalue weighted by atomic mass is 19.1. The van der Waals surface area contributed by atoms with Gasteiger partial charge in [0, 0.05) is 12.7 Å². The number of anilines is 1. The standard InChI is InChI=1S/C15H20FN3O2/c1-19(12-7-5-6-11(16)10-12)14(20)15(13(17)18-21)8-3-2-4-9-15/h5-7,10,21H,2-4,8-9H2,1H3,(H2,17,18). The van der Waals surface area contributed by atoms with Gasteiger partial charge in [-0.3, -0.25) is 4.79 Å². The number of hydrogen-bond donors (Lipinski definition) is 2. The van der Waals surface area contributed by atoms with Gasteiger partial charge in [-0.25, -0.2) is 4.39 Å². The number of hydrogen-bond acceptors (Lipinski definition) is 3. The fourth-order valence-corrected chi connectivity index (χ4v) is 2.95. The maximum absolute atomic E-state index is 13.3. The number of benzene rings is 1. The number of rotatable bonds is 3. The average Bonchev–Trinajstić information content (AvgIpc) is 2.53. The first-order valence-corrected chi connectivity index (χ1v) is 7.03. The molecule has 0 atom stereocenters. The molecule has 1 aromatic carbocycles. The molecule has 114 valence electrons. The Balaban J connectivity index is 2.34. The van der Waals surface area contributed by atoms with Crippen LogP contribution in [0.3, 0.4) is 0 Å². The van der Waals surface area contributed by atoms with Crippen LogP contribution in [0.2, 0.25) is 0 Å². The normalized spacial score (nSPS) is 18.3. The van der Waals surface area contributed by atoms with Gasteiger partial charge in [-0.2, -0.15) is 0 Å². The molecule has 2 rings (SSSR count). The Kier molecular flexibility index (Phi) is 4.45. The highest BCUT2D eigenvalue weighted by Gasteiger charge is 2.45. The molecule has 3 N–H and O–H groups in total. The summed E-state index contributed by atoms with van der Waals surface area (Å²) >= 11 is 0. The van der Waals surface area contributed by atoms with Crippen LogP contribution in [0.4, 0.5) is 10.1 Å². The van der Waals surface area contributed by atoms with E-state index in [-0.39, 0.29) is 11.7 Å². The zero-order valence-electron chi connectivity index (χ0n) is 12.1. The van der Waals surface area contributed by atoms with Crippen LogP contribution >= 0.6 is 0 Å². The minimum absolute atomic E-state index is 0.0598. The summed E-state index contributed by atoms with van der Waals surface area (Å²) in [5, 5.41) is 12.1. The first kappa shape index (κ1) is 15.3. The van der Waals surface area contributed by atoms with Gasteiger partial charge in [0.05, 0.1) is 0 Å². The second kappa shape index (κ2) is 6.11. The largest absolute Gasteiger partial charge is 0.409 e. The number of oxime groups is 1. The van der Waals surface area contributed by atoms with E-state index in [1.165, 1.54) is 17.0 Å². The number of amides is 1. The van der Waals surface area contributed by atoms with Gasteiger partial charge in [0.2, 0.25) is 5.91 Å². The second-order valence-corrected chi connectivity index (χ2v) is 5.47. The Labute approximate surface area is 123 Å². The van der Waals surface area contributed by atoms with Crippen molar-refractivity contribution in [1.82, 2.24) is 0 Å². The smallest absolute Gasteiger partial charge is 0.240 e. The van der Waals surface area contributed by atoms with E-state index in [9.17, 15) is 9.18 Å². The Morgan fingerprint density at radius 3 is 2.62 bits per heavy atom. The quantitative estimate of drug-likeness (QED) is 0.389. The summed E-state index contributed by atoms with van der Waals surface area (Å²) in [6.45, 7) is 0. The molecule has 0 aromatic heterocycles. The third-order valence-corrected chi connectivity index (χ3v) is 4.21. The van der Waals surface area contributed by atoms with Crippen LogP contribution in [0.25, 0.3) is 0 Å². The van der Waals surface area contributed by atoms with Crippen molar-refractivity contribution in [2.24, 2.45) is 16.3 Å². The highest BCUT2D eigenvalue weighted by molar-refractivity contribution is 6.12. The van der Waals surface area contributed by atoms with Crippen molar-refractivity contribution in [3.8, 4) is 0 Å². The minimum atomic E-state index is -0.992. The Bertz CT molecular complexity index is 554. The van der Waals surface area contributed by atoms with Crippen LogP contribution in [-0.4, -0.2) is 24.0 Å². The predicted molar refractivity (Wildman–Crippen MR) is 78.7 cm³/mol. The van der Waals surface area contributed by atoms with E-state index in [2.05, 4.69) is 5.16 Å². The first-order valence-electron chi connectivity index (χ1n) is 7.03. The van der Waals surface area contributed by atoms with Crippen molar-refractivity contribution in [1.29, 1.82) is 0 Å². The maximum atomic E-state index is 13.3. The molecule has 1 saturated carbocycles. The summed E-state index contributed by atoms with van der Waals surface area (Å²) in [6, 6.07) is 5.82. The number of amidine groups is 1. The van der Waals surface area contributed by atoms with Crippen LogP contribution < -0.4 is 10.6 Å². The van der Waals surface area contributed by atoms with Crippen LogP contribution in [0, 0.1) is 11.2 Å². The van der Waals surface area contributed by atoms with Crippen LogP contribution in [-0.2, 0) is 4.79 Å². The molecule has 0 unspecified atom stereocenters. The molecule has 5 nitrogen and oxygen atoms in total. The van der Waals surface area contributed by atoms with E-state index in [1.807, 2.05) is 0 Å². The molecule has 0 saturated heterocycles. The van der Waals surface area contributed by atoms with Crippen molar-refractivity contribution in [2.75, 3.05) is 11.9 Å². The van der Waals surface area contributed by atoms with E-state index in [1.54, 1.807) is 19.2 Å². The van der Waals surface area contributed by atoms with Crippen molar-refractivity contribution >= 4 is 17.4 Å². The molecule has 0 spiro atoms. The summed E-state index contributed by atoms with van der Waals surface area (Å²) < 4.78 is 13.3. The van der Waals surface area contributed by atoms with E-state index < -0.39 is 11.2 Å². The first-order chi connectivity index (χ1) is 10.0. The van der Waals surface area contributed by atoms with Gasteiger partial charge in [-0.1, -0.05) is 30.5 Å². The van der Waals surface area contributed by atoms with Gasteiger partial charge in [-0.15, -0.1) is 0 Å². The van der Waals surface area contributed by atoms with Crippen LogP contribution in [0.5, 0.6) is 0 Å². The van der Waals surface area contributed by atoms with Gasteiger partial charge < -0.3 is 15.8 Å². The lowest BCUT2D eigenvalue weighted by Gasteiger charge is -2.37. The molecular weight excluding hydrogens is 273 g/mol. The average molecular weight is 293 g/mol. The van der Waals surface area contributed by atoms with Gasteiger partial charge >= 0.3 is 0 Å². The van der Waals surface area contributed by atoms with Crippen LogP contribution in [0.1, 0.15) is 32.1 Å². The molecule has 6 heteroatoms. The summed E-state index contributed by atoms with van der Waals surface area (Å²) in [4.78, 5) is 14.2. The van der Waals surface area contributed by atoms with Crippen molar-refractivity contribution in [2.45, 2.75) is 32.1 Å². The van der Waals surface area contributed by atoms with E-state index in [0.29, 0.717) is 18.5 Å². The third-order valence-electron chi connectivity index (χ3n) is 4.21. The Morgan fingerprint density at radius 2 is 2.05 bits per heavy atom. The lowest BCUT2D eigenvalue weighted by molar-refractivity contribution is -0.126. The minimum Gasteiger partial charge on any atom is -0.409 e. The lowest BCUT2D eigenvalue weighted by Crippen LogP contribution is -2.51. The molecule has 0 bridgehead atoms. The topological polar surface area (TPSA) is 78.9 Å². The Hall–Kier alpha value is -2.11. The van der Waals surface area contributed by atoms with Crippen molar-refractivity contribution in [3.63, 3.8) is 0 Å². The van der Waals surface area contributed by atoms with E-state index in [4.69, 9.17) is 10.9 Å². The van der Waals surface area contributed by atoms with Gasteiger partial charge in [0.1, 0.15) is 11.2 Å². The number of nitrogens with two attached hydrogens (primary N) is 1. The van der Waals surface area contributed by atoms with Crippen molar-refractivity contribution < 1.29 is 14.4 Å². The molecule has 0 radical (unpaired) electrons. The summed E-state index contributed by atoms with van der Waals surface area (Å²) in [6.07, 6.45) is 3.80. The van der Waals surface area contributed by atoms with Gasteiger partial charge in [-0.05, 0) is 31.0 Å². The number of halogens is 1. The predicted octanol–water partition coefficient (Wildman–Crippen LogP) is 2.49.